The maximum Gasteiger partial charge on any atom is 0.307 e. The summed E-state index contributed by atoms with van der Waals surface area (Å²) in [6, 6.07) is 8.64. The van der Waals surface area contributed by atoms with Crippen molar-refractivity contribution in [1.29, 1.82) is 0 Å². The number of aryl methyl sites for hydroxylation is 1. The molecule has 0 heterocycles. The number of aliphatic carboxylic acids is 1. The minimum absolute atomic E-state index is 0.0904. The first-order chi connectivity index (χ1) is 9.86. The van der Waals surface area contributed by atoms with Crippen LogP contribution in [0.4, 0.5) is 11.4 Å². The topological polar surface area (TPSA) is 49.3 Å². The number of hydrogen-bond acceptors (Lipinski definition) is 2. The molecule has 2 rings (SSSR count). The molecule has 0 aromatic heterocycles. The number of anilines is 2. The van der Waals surface area contributed by atoms with Gasteiger partial charge in [-0.15, -0.1) is 0 Å². The SMILES string of the molecule is Cc1ccc(Nc2c(Cl)cc(Cl)cc2Cl)c(CC(=O)O)c1. The Morgan fingerprint density at radius 1 is 1.14 bits per heavy atom. The molecule has 6 heteroatoms. The van der Waals surface area contributed by atoms with Crippen LogP contribution in [0.15, 0.2) is 30.3 Å². The Morgan fingerprint density at radius 3 is 2.33 bits per heavy atom. The second kappa shape index (κ2) is 6.56. The Balaban J connectivity index is 2.42. The summed E-state index contributed by atoms with van der Waals surface area (Å²) in [4.78, 5) is 11.0. The van der Waals surface area contributed by atoms with Crippen LogP contribution in [0.2, 0.25) is 15.1 Å². The van der Waals surface area contributed by atoms with Gasteiger partial charge in [-0.2, -0.15) is 0 Å². The number of carbonyl (C=O) groups is 1. The van der Waals surface area contributed by atoms with E-state index in [1.165, 1.54) is 0 Å². The predicted molar refractivity (Wildman–Crippen MR) is 87.3 cm³/mol. The highest BCUT2D eigenvalue weighted by molar-refractivity contribution is 6.41. The molecule has 2 N–H and O–H groups in total. The van der Waals surface area contributed by atoms with Gasteiger partial charge in [0.15, 0.2) is 0 Å². The third-order valence-corrected chi connectivity index (χ3v) is 3.68. The zero-order chi connectivity index (χ0) is 15.6. The molecule has 0 spiro atoms. The van der Waals surface area contributed by atoms with Gasteiger partial charge in [-0.05, 0) is 30.7 Å². The van der Waals surface area contributed by atoms with E-state index in [0.717, 1.165) is 5.56 Å². The number of carboxylic acid groups (broad SMARTS) is 1. The van der Waals surface area contributed by atoms with Crippen LogP contribution in [0.25, 0.3) is 0 Å². The zero-order valence-electron chi connectivity index (χ0n) is 11.1. The van der Waals surface area contributed by atoms with Gasteiger partial charge in [-0.3, -0.25) is 4.79 Å². The molecule has 2 aromatic carbocycles. The molecule has 2 aromatic rings. The lowest BCUT2D eigenvalue weighted by Gasteiger charge is -2.14. The molecule has 0 bridgehead atoms. The summed E-state index contributed by atoms with van der Waals surface area (Å²) >= 11 is 18.1. The van der Waals surface area contributed by atoms with Gasteiger partial charge in [-0.1, -0.05) is 52.5 Å². The molecule has 21 heavy (non-hydrogen) atoms. The standard InChI is InChI=1S/C15H12Cl3NO2/c1-8-2-3-13(9(4-8)5-14(20)21)19-15-11(17)6-10(16)7-12(15)18/h2-4,6-7,19H,5H2,1H3,(H,20,21). The second-order valence-electron chi connectivity index (χ2n) is 4.60. The van der Waals surface area contributed by atoms with Crippen LogP contribution < -0.4 is 5.32 Å². The average Bonchev–Trinajstić information content (AvgIpc) is 2.35. The first kappa shape index (κ1) is 16.0. The van der Waals surface area contributed by atoms with E-state index in [2.05, 4.69) is 5.32 Å². The molecule has 0 fully saturated rings. The lowest BCUT2D eigenvalue weighted by Crippen LogP contribution is -2.04. The maximum atomic E-state index is 11.0. The normalized spacial score (nSPS) is 10.5. The van der Waals surface area contributed by atoms with E-state index in [1.54, 1.807) is 18.2 Å². The van der Waals surface area contributed by atoms with Crippen molar-refractivity contribution < 1.29 is 9.90 Å². The van der Waals surface area contributed by atoms with Gasteiger partial charge >= 0.3 is 5.97 Å². The van der Waals surface area contributed by atoms with E-state index >= 15 is 0 Å². The number of carboxylic acids is 1. The summed E-state index contributed by atoms with van der Waals surface area (Å²) in [5.74, 6) is -0.906. The average molecular weight is 345 g/mol. The molecule has 0 aliphatic heterocycles. The number of halogens is 3. The van der Waals surface area contributed by atoms with Crippen LogP contribution in [0.3, 0.4) is 0 Å². The molecule has 0 radical (unpaired) electrons. The molecule has 0 saturated carbocycles. The smallest absolute Gasteiger partial charge is 0.307 e. The fourth-order valence-electron chi connectivity index (χ4n) is 1.95. The highest BCUT2D eigenvalue weighted by Gasteiger charge is 2.12. The van der Waals surface area contributed by atoms with Crippen LogP contribution in [0, 0.1) is 6.92 Å². The van der Waals surface area contributed by atoms with Gasteiger partial charge in [0, 0.05) is 10.7 Å². The van der Waals surface area contributed by atoms with Gasteiger partial charge < -0.3 is 10.4 Å². The number of hydrogen-bond donors (Lipinski definition) is 2. The fraction of sp³-hybridized carbons (Fsp3) is 0.133. The lowest BCUT2D eigenvalue weighted by atomic mass is 10.1. The van der Waals surface area contributed by atoms with Gasteiger partial charge in [0.1, 0.15) is 0 Å². The molecule has 0 aliphatic rings. The van der Waals surface area contributed by atoms with Crippen molar-refractivity contribution in [1.82, 2.24) is 0 Å². The van der Waals surface area contributed by atoms with E-state index in [0.29, 0.717) is 32.0 Å². The van der Waals surface area contributed by atoms with Crippen molar-refractivity contribution in [3.8, 4) is 0 Å². The molecule has 0 atom stereocenters. The van der Waals surface area contributed by atoms with Crippen LogP contribution in [-0.2, 0) is 11.2 Å². The van der Waals surface area contributed by atoms with E-state index in [4.69, 9.17) is 39.9 Å². The molecule has 0 unspecified atom stereocenters. The van der Waals surface area contributed by atoms with E-state index in [-0.39, 0.29) is 6.42 Å². The molecule has 3 nitrogen and oxygen atoms in total. The highest BCUT2D eigenvalue weighted by Crippen LogP contribution is 2.36. The van der Waals surface area contributed by atoms with Gasteiger partial charge in [-0.25, -0.2) is 0 Å². The highest BCUT2D eigenvalue weighted by atomic mass is 35.5. The largest absolute Gasteiger partial charge is 0.481 e. The van der Waals surface area contributed by atoms with E-state index in [1.807, 2.05) is 19.1 Å². The molecule has 0 saturated heterocycles. The Labute approximate surface area is 137 Å². The number of nitrogens with one attached hydrogen (secondary N) is 1. The fourth-order valence-corrected chi connectivity index (χ4v) is 2.86. The molecule has 0 amide bonds. The van der Waals surface area contributed by atoms with Gasteiger partial charge in [0.05, 0.1) is 22.2 Å². The summed E-state index contributed by atoms with van der Waals surface area (Å²) in [7, 11) is 0. The predicted octanol–water partition coefficient (Wildman–Crippen LogP) is 5.33. The Hall–Kier alpha value is -1.42. The summed E-state index contributed by atoms with van der Waals surface area (Å²) in [5.41, 5.74) is 2.78. The zero-order valence-corrected chi connectivity index (χ0v) is 13.4. The second-order valence-corrected chi connectivity index (χ2v) is 5.85. The Kier molecular flexibility index (Phi) is 4.99. The summed E-state index contributed by atoms with van der Waals surface area (Å²) < 4.78 is 0. The number of benzene rings is 2. The minimum Gasteiger partial charge on any atom is -0.481 e. The first-order valence-electron chi connectivity index (χ1n) is 6.09. The Bertz CT molecular complexity index is 678. The van der Waals surface area contributed by atoms with Crippen LogP contribution in [0.5, 0.6) is 0 Å². The van der Waals surface area contributed by atoms with Crippen molar-refractivity contribution in [2.75, 3.05) is 5.32 Å². The molecule has 0 aliphatic carbocycles. The maximum absolute atomic E-state index is 11.0. The lowest BCUT2D eigenvalue weighted by molar-refractivity contribution is -0.136. The van der Waals surface area contributed by atoms with Crippen molar-refractivity contribution in [3.63, 3.8) is 0 Å². The van der Waals surface area contributed by atoms with E-state index in [9.17, 15) is 4.79 Å². The van der Waals surface area contributed by atoms with Crippen LogP contribution >= 0.6 is 34.8 Å². The quantitative estimate of drug-likeness (QED) is 0.788. The van der Waals surface area contributed by atoms with E-state index < -0.39 is 5.97 Å². The van der Waals surface area contributed by atoms with Gasteiger partial charge in [0.2, 0.25) is 0 Å². The number of rotatable bonds is 4. The van der Waals surface area contributed by atoms with Gasteiger partial charge in [0.25, 0.3) is 0 Å². The third-order valence-electron chi connectivity index (χ3n) is 2.87. The minimum atomic E-state index is -0.906. The van der Waals surface area contributed by atoms with Crippen molar-refractivity contribution in [2.24, 2.45) is 0 Å². The first-order valence-corrected chi connectivity index (χ1v) is 7.23. The Morgan fingerprint density at radius 2 is 1.76 bits per heavy atom. The summed E-state index contributed by atoms with van der Waals surface area (Å²) in [6.07, 6.45) is -0.0904. The third kappa shape index (κ3) is 4.03. The van der Waals surface area contributed by atoms with Crippen molar-refractivity contribution in [2.45, 2.75) is 13.3 Å². The molecular formula is C15H12Cl3NO2. The van der Waals surface area contributed by atoms with Crippen LogP contribution in [-0.4, -0.2) is 11.1 Å². The van der Waals surface area contributed by atoms with Crippen LogP contribution in [0.1, 0.15) is 11.1 Å². The summed E-state index contributed by atoms with van der Waals surface area (Å²) in [5, 5.41) is 13.3. The molecular weight excluding hydrogens is 333 g/mol. The van der Waals surface area contributed by atoms with Crippen molar-refractivity contribution in [3.05, 3.63) is 56.5 Å². The molecule has 110 valence electrons. The monoisotopic (exact) mass is 343 g/mol. The van der Waals surface area contributed by atoms with Crippen molar-refractivity contribution >= 4 is 52.1 Å². The summed E-state index contributed by atoms with van der Waals surface area (Å²) in [6.45, 7) is 1.90.